The maximum absolute atomic E-state index is 14.1. The molecule has 2 aliphatic heterocycles. The number of likely N-dealkylation sites (tertiary alicyclic amines) is 1. The van der Waals surface area contributed by atoms with Crippen molar-refractivity contribution >= 4 is 28.5 Å². The van der Waals surface area contributed by atoms with Crippen LogP contribution in [0.15, 0.2) is 42.6 Å². The Bertz CT molecular complexity index is 2030. The van der Waals surface area contributed by atoms with Gasteiger partial charge in [0.15, 0.2) is 11.6 Å². The molecule has 4 aromatic rings. The molecule has 53 heavy (non-hydrogen) atoms. The fraction of sp³-hybridized carbons (Fsp3) is 0.475. The molecule has 0 saturated carbocycles. The third kappa shape index (κ3) is 8.29. The van der Waals surface area contributed by atoms with E-state index in [-0.39, 0.29) is 41.3 Å². The minimum Gasteiger partial charge on any atom is -0.451 e. The minimum absolute atomic E-state index is 0.119. The topological polar surface area (TPSA) is 123 Å². The highest BCUT2D eigenvalue weighted by Crippen LogP contribution is 2.33. The van der Waals surface area contributed by atoms with E-state index in [2.05, 4.69) is 68.6 Å². The highest BCUT2D eigenvalue weighted by atomic mass is 19.1. The van der Waals surface area contributed by atoms with Crippen molar-refractivity contribution in [3.8, 4) is 17.6 Å². The molecule has 12 nitrogen and oxygen atoms in total. The summed E-state index contributed by atoms with van der Waals surface area (Å²) in [5.41, 5.74) is 4.30. The van der Waals surface area contributed by atoms with E-state index in [0.717, 1.165) is 63.0 Å². The van der Waals surface area contributed by atoms with E-state index in [1.54, 1.807) is 27.2 Å². The Morgan fingerprint density at radius 3 is 2.49 bits per heavy atom. The van der Waals surface area contributed by atoms with Crippen LogP contribution in [0, 0.1) is 31.0 Å². The molecular formula is C40H50FN9O3. The second kappa shape index (κ2) is 15.9. The lowest BCUT2D eigenvalue weighted by molar-refractivity contribution is -0.134. The lowest BCUT2D eigenvalue weighted by Gasteiger charge is -2.44. The number of ether oxygens (including phenoxy) is 1. The van der Waals surface area contributed by atoms with E-state index in [9.17, 15) is 19.2 Å². The van der Waals surface area contributed by atoms with Crippen LogP contribution in [-0.2, 0) is 17.9 Å². The van der Waals surface area contributed by atoms with E-state index in [0.29, 0.717) is 29.6 Å². The van der Waals surface area contributed by atoms with Crippen molar-refractivity contribution in [3.63, 3.8) is 0 Å². The molecule has 280 valence electrons. The summed E-state index contributed by atoms with van der Waals surface area (Å²) in [5.74, 6) is 0.939. The van der Waals surface area contributed by atoms with Crippen LogP contribution in [0.2, 0.25) is 0 Å². The first-order valence-corrected chi connectivity index (χ1v) is 18.4. The molecule has 2 amide bonds. The number of piperidine rings is 1. The lowest BCUT2D eigenvalue weighted by Crippen LogP contribution is -2.58. The van der Waals surface area contributed by atoms with Crippen molar-refractivity contribution in [2.45, 2.75) is 78.7 Å². The Balaban J connectivity index is 1.09. The Morgan fingerprint density at radius 1 is 1.04 bits per heavy atom. The summed E-state index contributed by atoms with van der Waals surface area (Å²) in [5, 5.41) is 14.7. The van der Waals surface area contributed by atoms with Gasteiger partial charge in [-0.3, -0.25) is 19.4 Å². The molecule has 6 rings (SSSR count). The Labute approximate surface area is 311 Å². The van der Waals surface area contributed by atoms with Gasteiger partial charge in [0.2, 0.25) is 5.91 Å². The van der Waals surface area contributed by atoms with Crippen LogP contribution < -0.4 is 10.1 Å². The zero-order valence-electron chi connectivity index (χ0n) is 31.8. The normalized spacial score (nSPS) is 18.6. The first-order valence-electron chi connectivity index (χ1n) is 18.4. The molecule has 2 unspecified atom stereocenters. The van der Waals surface area contributed by atoms with Gasteiger partial charge in [-0.2, -0.15) is 5.26 Å². The predicted octanol–water partition coefficient (Wildman–Crippen LogP) is 5.57. The number of halogens is 1. The van der Waals surface area contributed by atoms with Gasteiger partial charge in [-0.25, -0.2) is 14.4 Å². The molecule has 0 bridgehead atoms. The number of benzene rings is 2. The number of nitriles is 1. The Kier molecular flexibility index (Phi) is 11.3. The molecule has 0 radical (unpaired) electrons. The lowest BCUT2D eigenvalue weighted by atomic mass is 10.0. The third-order valence-electron chi connectivity index (χ3n) is 10.7. The third-order valence-corrected chi connectivity index (χ3v) is 10.7. The minimum atomic E-state index is -0.522. The molecule has 2 saturated heterocycles. The summed E-state index contributed by atoms with van der Waals surface area (Å²) in [4.78, 5) is 42.0. The van der Waals surface area contributed by atoms with Gasteiger partial charge in [0.25, 0.3) is 5.91 Å². The molecule has 4 heterocycles. The van der Waals surface area contributed by atoms with E-state index in [1.165, 1.54) is 34.2 Å². The monoisotopic (exact) mass is 723 g/mol. The number of nitrogens with zero attached hydrogens (tertiary/aromatic N) is 8. The van der Waals surface area contributed by atoms with Gasteiger partial charge < -0.3 is 24.4 Å². The highest BCUT2D eigenvalue weighted by molar-refractivity contribution is 5.96. The quantitative estimate of drug-likeness (QED) is 0.224. The zero-order chi connectivity index (χ0) is 38.0. The van der Waals surface area contributed by atoms with Gasteiger partial charge >= 0.3 is 0 Å². The molecule has 0 aliphatic carbocycles. The Morgan fingerprint density at radius 2 is 1.79 bits per heavy atom. The van der Waals surface area contributed by atoms with Crippen molar-refractivity contribution in [1.82, 2.24) is 34.1 Å². The fourth-order valence-corrected chi connectivity index (χ4v) is 7.63. The molecule has 2 aliphatic rings. The highest BCUT2D eigenvalue weighted by Gasteiger charge is 2.30. The number of aryl methyl sites for hydroxylation is 2. The number of nitrogens with one attached hydrogen (secondary N) is 1. The maximum atomic E-state index is 14.1. The van der Waals surface area contributed by atoms with Gasteiger partial charge in [0, 0.05) is 95.9 Å². The summed E-state index contributed by atoms with van der Waals surface area (Å²) in [6.45, 7) is 15.5. The molecule has 2 atom stereocenters. The first-order chi connectivity index (χ1) is 25.3. The van der Waals surface area contributed by atoms with Gasteiger partial charge in [-0.15, -0.1) is 0 Å². The largest absolute Gasteiger partial charge is 0.451 e. The average Bonchev–Trinajstić information content (AvgIpc) is 3.50. The molecule has 1 N–H and O–H groups in total. The molecule has 2 aromatic carbocycles. The second-order valence-corrected chi connectivity index (χ2v) is 14.7. The van der Waals surface area contributed by atoms with Crippen molar-refractivity contribution in [2.75, 3.05) is 52.1 Å². The van der Waals surface area contributed by atoms with Gasteiger partial charge in [-0.1, -0.05) is 6.07 Å². The van der Waals surface area contributed by atoms with E-state index in [1.807, 2.05) is 17.9 Å². The number of anilines is 1. The van der Waals surface area contributed by atoms with Crippen molar-refractivity contribution < 1.29 is 18.7 Å². The van der Waals surface area contributed by atoms with Crippen molar-refractivity contribution in [2.24, 2.45) is 0 Å². The van der Waals surface area contributed by atoms with Crippen LogP contribution in [-0.4, -0.2) is 111 Å². The number of hydrogen-bond acceptors (Lipinski definition) is 9. The molecule has 0 spiro atoms. The number of carbonyl (C=O) groups is 2. The number of hydrogen-bond donors (Lipinski definition) is 1. The molecule has 13 heteroatoms. The van der Waals surface area contributed by atoms with E-state index in [4.69, 9.17) is 4.74 Å². The molecule has 2 aromatic heterocycles. The number of carbonyl (C=O) groups excluding carboxylic acids is 2. The van der Waals surface area contributed by atoms with Crippen LogP contribution >= 0.6 is 0 Å². The van der Waals surface area contributed by atoms with E-state index >= 15 is 0 Å². The number of amides is 2. The van der Waals surface area contributed by atoms with Crippen LogP contribution in [0.25, 0.3) is 10.9 Å². The number of fused-ring (bicyclic) bond motifs is 1. The molecular weight excluding hydrogens is 673 g/mol. The summed E-state index contributed by atoms with van der Waals surface area (Å²) in [7, 11) is 3.22. The number of aromatic nitrogens is 3. The second-order valence-electron chi connectivity index (χ2n) is 14.7. The SMILES string of the molecule is CC(=O)N1CC(C)N(CCn2c(C#N)cc3c(C)c(CN4CCC(Nc5nc(C)ncc5Oc5ccc(F)cc5C(=O)N(C)C)CC4)ccc32)CC1C. The predicted molar refractivity (Wildman–Crippen MR) is 202 cm³/mol. The number of piperazine rings is 1. The fourth-order valence-electron chi connectivity index (χ4n) is 7.63. The summed E-state index contributed by atoms with van der Waals surface area (Å²) < 4.78 is 22.4. The summed E-state index contributed by atoms with van der Waals surface area (Å²) >= 11 is 0. The van der Waals surface area contributed by atoms with Crippen LogP contribution in [0.1, 0.15) is 66.6 Å². The van der Waals surface area contributed by atoms with Crippen LogP contribution in [0.5, 0.6) is 11.5 Å². The van der Waals surface area contributed by atoms with Crippen LogP contribution in [0.3, 0.4) is 0 Å². The van der Waals surface area contributed by atoms with Crippen molar-refractivity contribution in [1.29, 1.82) is 5.26 Å². The van der Waals surface area contributed by atoms with Gasteiger partial charge in [0.05, 0.1) is 11.8 Å². The zero-order valence-corrected chi connectivity index (χ0v) is 31.8. The van der Waals surface area contributed by atoms with Crippen molar-refractivity contribution in [3.05, 3.63) is 76.6 Å². The van der Waals surface area contributed by atoms with Gasteiger partial charge in [-0.05, 0) is 82.0 Å². The number of rotatable bonds is 10. The Hall–Kier alpha value is -5.06. The first kappa shape index (κ1) is 37.7. The van der Waals surface area contributed by atoms with E-state index < -0.39 is 5.82 Å². The van der Waals surface area contributed by atoms with Crippen LogP contribution in [0.4, 0.5) is 10.2 Å². The summed E-state index contributed by atoms with van der Waals surface area (Å²) in [6.07, 6.45) is 3.35. The van der Waals surface area contributed by atoms with Gasteiger partial charge in [0.1, 0.15) is 29.2 Å². The molecule has 2 fully saturated rings. The summed E-state index contributed by atoms with van der Waals surface area (Å²) in [6, 6.07) is 13.3. The smallest absolute Gasteiger partial charge is 0.257 e. The average molecular weight is 724 g/mol. The standard InChI is InChI=1S/C40H50FN9O3/c1-25-23-50(29(5)51)26(2)22-48(25)16-17-49-33(20-42)19-34-27(3)30(8-10-36(34)49)24-47-14-12-32(13-15-47)45-39-38(21-43-28(4)44-39)53-37-11-9-31(41)18-35(37)40(52)46(6)7/h8-11,18-19,21,25-26,32H,12-17,22-24H2,1-7H3,(H,43,44,45). The maximum Gasteiger partial charge on any atom is 0.257 e.